The van der Waals surface area contributed by atoms with Gasteiger partial charge in [0, 0.05) is 12.3 Å². The van der Waals surface area contributed by atoms with Gasteiger partial charge in [-0.2, -0.15) is 11.8 Å². The molecule has 1 heterocycles. The minimum Gasteiger partial charge on any atom is -0.388 e. The first-order valence-corrected chi connectivity index (χ1v) is 6.29. The summed E-state index contributed by atoms with van der Waals surface area (Å²) in [5, 5.41) is 13.3. The molecule has 0 radical (unpaired) electrons. The Morgan fingerprint density at radius 3 is 2.85 bits per heavy atom. The number of thioether (sulfide) groups is 1. The molecule has 1 aliphatic rings. The van der Waals surface area contributed by atoms with Crippen LogP contribution < -0.4 is 5.32 Å². The fraction of sp³-hybridized carbons (Fsp3) is 1.00. The highest BCUT2D eigenvalue weighted by Crippen LogP contribution is 2.26. The monoisotopic (exact) mass is 203 g/mol. The average Bonchev–Trinajstić information content (AvgIpc) is 2.47. The van der Waals surface area contributed by atoms with Crippen LogP contribution in [0.15, 0.2) is 0 Å². The number of nitrogens with one attached hydrogen (secondary N) is 1. The molecule has 0 aromatic rings. The van der Waals surface area contributed by atoms with E-state index < -0.39 is 5.60 Å². The molecule has 1 rings (SSSR count). The summed E-state index contributed by atoms with van der Waals surface area (Å²) in [6, 6.07) is 0. The van der Waals surface area contributed by atoms with Crippen LogP contribution in [0, 0.1) is 5.92 Å². The summed E-state index contributed by atoms with van der Waals surface area (Å²) in [5.74, 6) is 2.77. The quantitative estimate of drug-likeness (QED) is 0.664. The molecule has 0 aliphatic carbocycles. The highest BCUT2D eigenvalue weighted by molar-refractivity contribution is 7.99. The second-order valence-corrected chi connectivity index (χ2v) is 5.49. The van der Waals surface area contributed by atoms with Gasteiger partial charge in [0.1, 0.15) is 0 Å². The molecule has 1 fully saturated rings. The van der Waals surface area contributed by atoms with Crippen LogP contribution in [0.3, 0.4) is 0 Å². The van der Waals surface area contributed by atoms with Crippen molar-refractivity contribution < 1.29 is 5.11 Å². The van der Waals surface area contributed by atoms with Crippen molar-refractivity contribution in [2.24, 2.45) is 5.92 Å². The summed E-state index contributed by atoms with van der Waals surface area (Å²) in [7, 11) is 0. The van der Waals surface area contributed by atoms with Crippen molar-refractivity contribution in [3.05, 3.63) is 0 Å². The SMILES string of the molecule is CC(C)CCNC[C@@]1(O)CCSC1. The Morgan fingerprint density at radius 1 is 1.54 bits per heavy atom. The van der Waals surface area contributed by atoms with Gasteiger partial charge in [-0.3, -0.25) is 0 Å². The molecule has 13 heavy (non-hydrogen) atoms. The lowest BCUT2D eigenvalue weighted by Gasteiger charge is -2.21. The van der Waals surface area contributed by atoms with E-state index in [2.05, 4.69) is 19.2 Å². The van der Waals surface area contributed by atoms with Gasteiger partial charge in [-0.15, -0.1) is 0 Å². The second kappa shape index (κ2) is 5.23. The fourth-order valence-electron chi connectivity index (χ4n) is 1.45. The van der Waals surface area contributed by atoms with Gasteiger partial charge in [0.05, 0.1) is 5.60 Å². The van der Waals surface area contributed by atoms with Crippen molar-refractivity contribution in [1.82, 2.24) is 5.32 Å². The van der Waals surface area contributed by atoms with E-state index in [-0.39, 0.29) is 0 Å². The van der Waals surface area contributed by atoms with Crippen LogP contribution in [0.1, 0.15) is 26.7 Å². The number of rotatable bonds is 5. The zero-order chi connectivity index (χ0) is 9.73. The Morgan fingerprint density at radius 2 is 2.31 bits per heavy atom. The molecular weight excluding hydrogens is 182 g/mol. The standard InChI is InChI=1S/C10H21NOS/c1-9(2)3-5-11-7-10(12)4-6-13-8-10/h9,11-12H,3-8H2,1-2H3/t10-/m0/s1. The predicted octanol–water partition coefficient (Wildman–Crippen LogP) is 1.49. The van der Waals surface area contributed by atoms with E-state index in [0.29, 0.717) is 0 Å². The first kappa shape index (κ1) is 11.3. The highest BCUT2D eigenvalue weighted by Gasteiger charge is 2.30. The van der Waals surface area contributed by atoms with Gasteiger partial charge in [0.25, 0.3) is 0 Å². The third-order valence-electron chi connectivity index (χ3n) is 2.44. The molecule has 2 nitrogen and oxygen atoms in total. The molecule has 0 unspecified atom stereocenters. The van der Waals surface area contributed by atoms with Crippen molar-refractivity contribution in [1.29, 1.82) is 0 Å². The smallest absolute Gasteiger partial charge is 0.0869 e. The zero-order valence-electron chi connectivity index (χ0n) is 8.68. The van der Waals surface area contributed by atoms with E-state index in [9.17, 15) is 5.11 Å². The van der Waals surface area contributed by atoms with Crippen LogP contribution in [0.4, 0.5) is 0 Å². The van der Waals surface area contributed by atoms with E-state index in [1.54, 1.807) is 0 Å². The molecule has 0 spiro atoms. The Kier molecular flexibility index (Phi) is 4.56. The highest BCUT2D eigenvalue weighted by atomic mass is 32.2. The number of hydrogen-bond donors (Lipinski definition) is 2. The Labute approximate surface area is 85.5 Å². The van der Waals surface area contributed by atoms with Gasteiger partial charge in [-0.25, -0.2) is 0 Å². The topological polar surface area (TPSA) is 32.3 Å². The molecule has 1 aliphatic heterocycles. The molecule has 0 bridgehead atoms. The average molecular weight is 203 g/mol. The molecule has 0 saturated carbocycles. The predicted molar refractivity (Wildman–Crippen MR) is 59.2 cm³/mol. The van der Waals surface area contributed by atoms with Crippen LogP contribution >= 0.6 is 11.8 Å². The summed E-state index contributed by atoms with van der Waals surface area (Å²) in [5.41, 5.74) is -0.415. The van der Waals surface area contributed by atoms with Crippen molar-refractivity contribution in [3.63, 3.8) is 0 Å². The minimum absolute atomic E-state index is 0.415. The van der Waals surface area contributed by atoms with Crippen molar-refractivity contribution >= 4 is 11.8 Å². The maximum Gasteiger partial charge on any atom is 0.0869 e. The summed E-state index contributed by atoms with van der Waals surface area (Å²) in [4.78, 5) is 0. The van der Waals surface area contributed by atoms with Crippen LogP contribution in [-0.2, 0) is 0 Å². The Hall–Kier alpha value is 0.270. The van der Waals surface area contributed by atoms with Gasteiger partial charge in [0.15, 0.2) is 0 Å². The van der Waals surface area contributed by atoms with Crippen molar-refractivity contribution in [2.75, 3.05) is 24.6 Å². The normalized spacial score (nSPS) is 28.6. The Bertz CT molecular complexity index is 144. The van der Waals surface area contributed by atoms with Crippen molar-refractivity contribution in [3.8, 4) is 0 Å². The van der Waals surface area contributed by atoms with Crippen LogP contribution in [0.5, 0.6) is 0 Å². The lowest BCUT2D eigenvalue weighted by molar-refractivity contribution is 0.0676. The zero-order valence-corrected chi connectivity index (χ0v) is 9.49. The largest absolute Gasteiger partial charge is 0.388 e. The van der Waals surface area contributed by atoms with Crippen LogP contribution in [0.2, 0.25) is 0 Å². The third-order valence-corrected chi connectivity index (χ3v) is 3.67. The molecule has 0 aromatic carbocycles. The van der Waals surface area contributed by atoms with Crippen LogP contribution in [0.25, 0.3) is 0 Å². The van der Waals surface area contributed by atoms with Gasteiger partial charge < -0.3 is 10.4 Å². The fourth-order valence-corrected chi connectivity index (χ4v) is 2.74. The molecule has 1 saturated heterocycles. The van der Waals surface area contributed by atoms with Crippen molar-refractivity contribution in [2.45, 2.75) is 32.3 Å². The van der Waals surface area contributed by atoms with E-state index in [1.807, 2.05) is 11.8 Å². The molecule has 1 atom stereocenters. The molecule has 3 heteroatoms. The van der Waals surface area contributed by atoms with Gasteiger partial charge in [-0.05, 0) is 31.1 Å². The maximum absolute atomic E-state index is 9.97. The molecule has 0 aromatic heterocycles. The first-order chi connectivity index (χ1) is 6.12. The summed E-state index contributed by atoms with van der Waals surface area (Å²) < 4.78 is 0. The summed E-state index contributed by atoms with van der Waals surface area (Å²) in [6.07, 6.45) is 2.15. The van der Waals surface area contributed by atoms with Crippen LogP contribution in [-0.4, -0.2) is 35.3 Å². The van der Waals surface area contributed by atoms with Gasteiger partial charge in [0.2, 0.25) is 0 Å². The van der Waals surface area contributed by atoms with Gasteiger partial charge in [-0.1, -0.05) is 13.8 Å². The lowest BCUT2D eigenvalue weighted by Crippen LogP contribution is -2.41. The molecule has 2 N–H and O–H groups in total. The van der Waals surface area contributed by atoms with Gasteiger partial charge >= 0.3 is 0 Å². The molecule has 0 amide bonds. The summed E-state index contributed by atoms with van der Waals surface area (Å²) in [6.45, 7) is 6.25. The van der Waals surface area contributed by atoms with E-state index in [4.69, 9.17) is 0 Å². The van der Waals surface area contributed by atoms with E-state index in [1.165, 1.54) is 6.42 Å². The second-order valence-electron chi connectivity index (χ2n) is 4.39. The number of aliphatic hydroxyl groups is 1. The summed E-state index contributed by atoms with van der Waals surface area (Å²) >= 11 is 1.86. The Balaban J connectivity index is 2.04. The first-order valence-electron chi connectivity index (χ1n) is 5.13. The number of hydrogen-bond acceptors (Lipinski definition) is 3. The lowest BCUT2D eigenvalue weighted by atomic mass is 10.0. The maximum atomic E-state index is 9.97. The molecule has 78 valence electrons. The third kappa shape index (κ3) is 4.34. The van der Waals surface area contributed by atoms with E-state index in [0.717, 1.165) is 36.9 Å². The van der Waals surface area contributed by atoms with E-state index >= 15 is 0 Å². The molecular formula is C10H21NOS. The minimum atomic E-state index is -0.415.